The molecule has 0 aromatic heterocycles. The first-order valence-electron chi connectivity index (χ1n) is 7.07. The highest BCUT2D eigenvalue weighted by Gasteiger charge is 2.43. The highest BCUT2D eigenvalue weighted by molar-refractivity contribution is 4.94. The fourth-order valence-electron chi connectivity index (χ4n) is 3.35. The number of ether oxygens (including phenoxy) is 1. The van der Waals surface area contributed by atoms with Crippen LogP contribution < -0.4 is 11.3 Å². The summed E-state index contributed by atoms with van der Waals surface area (Å²) in [6.07, 6.45) is 12.9. The van der Waals surface area contributed by atoms with Crippen LogP contribution in [0.3, 0.4) is 0 Å². The van der Waals surface area contributed by atoms with E-state index in [1.54, 1.807) is 0 Å². The van der Waals surface area contributed by atoms with E-state index in [-0.39, 0.29) is 0 Å². The Labute approximate surface area is 105 Å². The first-order chi connectivity index (χ1) is 8.35. The molecule has 0 radical (unpaired) electrons. The Bertz CT molecular complexity index is 244. The van der Waals surface area contributed by atoms with Crippen LogP contribution in [0.1, 0.15) is 51.4 Å². The number of unbranched alkanes of at least 4 members (excludes halogenated alkanes) is 3. The minimum atomic E-state index is 0.453. The van der Waals surface area contributed by atoms with Crippen LogP contribution in [0.15, 0.2) is 12.7 Å². The third kappa shape index (κ3) is 3.30. The molecule has 0 amide bonds. The van der Waals surface area contributed by atoms with Gasteiger partial charge in [-0.2, -0.15) is 0 Å². The molecule has 0 aromatic rings. The van der Waals surface area contributed by atoms with Gasteiger partial charge in [0.1, 0.15) is 0 Å². The van der Waals surface area contributed by atoms with Crippen molar-refractivity contribution in [3.63, 3.8) is 0 Å². The first kappa shape index (κ1) is 13.1. The number of fused-ring (bicyclic) bond motifs is 2. The number of nitrogens with one attached hydrogen (secondary N) is 1. The number of allylic oxidation sites excluding steroid dienone is 1. The minimum absolute atomic E-state index is 0.453. The summed E-state index contributed by atoms with van der Waals surface area (Å²) in [6.45, 7) is 3.75. The molecule has 2 heterocycles. The third-order valence-corrected chi connectivity index (χ3v) is 4.31. The smallest absolute Gasteiger partial charge is 0.0624 e. The van der Waals surface area contributed by atoms with E-state index in [4.69, 9.17) is 10.6 Å². The van der Waals surface area contributed by atoms with Gasteiger partial charge < -0.3 is 4.74 Å². The average molecular weight is 238 g/mol. The molecule has 2 bridgehead atoms. The van der Waals surface area contributed by atoms with Gasteiger partial charge in [-0.25, -0.2) is 0 Å². The van der Waals surface area contributed by atoms with E-state index in [1.807, 2.05) is 6.08 Å². The summed E-state index contributed by atoms with van der Waals surface area (Å²) in [4.78, 5) is 0. The molecule has 98 valence electrons. The summed E-state index contributed by atoms with van der Waals surface area (Å²) in [6, 6.07) is 0.453. The number of rotatable bonds is 8. The van der Waals surface area contributed by atoms with Crippen molar-refractivity contribution in [2.24, 2.45) is 11.8 Å². The Morgan fingerprint density at radius 2 is 2.24 bits per heavy atom. The highest BCUT2D eigenvalue weighted by atomic mass is 16.5. The van der Waals surface area contributed by atoms with Crippen molar-refractivity contribution >= 4 is 0 Å². The Kier molecular flexibility index (Phi) is 5.01. The summed E-state index contributed by atoms with van der Waals surface area (Å²) in [7, 11) is 0. The van der Waals surface area contributed by atoms with Crippen molar-refractivity contribution in [3.8, 4) is 0 Å². The number of hydrazine groups is 1. The van der Waals surface area contributed by atoms with Crippen LogP contribution in [0.25, 0.3) is 0 Å². The van der Waals surface area contributed by atoms with Gasteiger partial charge in [0.05, 0.1) is 12.2 Å². The van der Waals surface area contributed by atoms with E-state index in [9.17, 15) is 0 Å². The quantitative estimate of drug-likeness (QED) is 0.296. The molecule has 0 aliphatic carbocycles. The van der Waals surface area contributed by atoms with Gasteiger partial charge in [0, 0.05) is 12.0 Å². The first-order valence-corrected chi connectivity index (χ1v) is 7.07. The molecule has 2 fully saturated rings. The molecular weight excluding hydrogens is 212 g/mol. The fraction of sp³-hybridized carbons (Fsp3) is 0.857. The van der Waals surface area contributed by atoms with Gasteiger partial charge in [-0.3, -0.25) is 11.3 Å². The molecule has 2 aliphatic heterocycles. The van der Waals surface area contributed by atoms with Crippen molar-refractivity contribution in [3.05, 3.63) is 12.7 Å². The van der Waals surface area contributed by atoms with E-state index >= 15 is 0 Å². The lowest BCUT2D eigenvalue weighted by Crippen LogP contribution is -2.44. The molecule has 2 saturated heterocycles. The summed E-state index contributed by atoms with van der Waals surface area (Å²) < 4.78 is 5.90. The molecule has 0 aromatic carbocycles. The second-order valence-electron chi connectivity index (χ2n) is 5.47. The lowest BCUT2D eigenvalue weighted by molar-refractivity contribution is 0.0847. The second kappa shape index (κ2) is 6.53. The van der Waals surface area contributed by atoms with Crippen molar-refractivity contribution in [1.82, 2.24) is 5.43 Å². The number of hydrogen-bond acceptors (Lipinski definition) is 3. The molecule has 4 atom stereocenters. The van der Waals surface area contributed by atoms with Crippen molar-refractivity contribution < 1.29 is 4.74 Å². The zero-order valence-electron chi connectivity index (χ0n) is 10.7. The fourth-order valence-corrected chi connectivity index (χ4v) is 3.35. The van der Waals surface area contributed by atoms with E-state index in [1.165, 1.54) is 44.9 Å². The van der Waals surface area contributed by atoms with Gasteiger partial charge >= 0.3 is 0 Å². The van der Waals surface area contributed by atoms with Gasteiger partial charge in [0.2, 0.25) is 0 Å². The Morgan fingerprint density at radius 1 is 1.35 bits per heavy atom. The Hall–Kier alpha value is -0.380. The standard InChI is InChI=1S/C14H26N2O/c1-2-3-4-5-6-7-13(16-15)12-10-11-8-9-14(12)17-11/h2,11-14,16H,1,3-10,15H2. The Morgan fingerprint density at radius 3 is 2.82 bits per heavy atom. The lowest BCUT2D eigenvalue weighted by Gasteiger charge is -2.27. The molecule has 3 heteroatoms. The zero-order valence-corrected chi connectivity index (χ0v) is 10.7. The van der Waals surface area contributed by atoms with E-state index in [0.29, 0.717) is 24.2 Å². The number of hydrogen-bond donors (Lipinski definition) is 2. The molecule has 0 spiro atoms. The van der Waals surface area contributed by atoms with Crippen LogP contribution in [0.5, 0.6) is 0 Å². The van der Waals surface area contributed by atoms with Gasteiger partial charge in [-0.05, 0) is 38.5 Å². The van der Waals surface area contributed by atoms with Crippen LogP contribution in [0, 0.1) is 5.92 Å². The van der Waals surface area contributed by atoms with E-state index in [0.717, 1.165) is 6.42 Å². The average Bonchev–Trinajstić information content (AvgIpc) is 2.96. The van der Waals surface area contributed by atoms with Crippen LogP contribution in [0.4, 0.5) is 0 Å². The molecule has 2 rings (SSSR count). The summed E-state index contributed by atoms with van der Waals surface area (Å²) >= 11 is 0. The van der Waals surface area contributed by atoms with Crippen molar-refractivity contribution in [1.29, 1.82) is 0 Å². The number of nitrogens with two attached hydrogens (primary N) is 1. The predicted molar refractivity (Wildman–Crippen MR) is 70.4 cm³/mol. The second-order valence-corrected chi connectivity index (χ2v) is 5.47. The normalized spacial score (nSPS) is 32.9. The molecule has 0 saturated carbocycles. The molecular formula is C14H26N2O. The molecule has 3 N–H and O–H groups in total. The van der Waals surface area contributed by atoms with Crippen LogP contribution in [-0.2, 0) is 4.74 Å². The SMILES string of the molecule is C=CCCCCCC(NN)C1CC2CCC1O2. The van der Waals surface area contributed by atoms with E-state index in [2.05, 4.69) is 12.0 Å². The Balaban J connectivity index is 1.68. The zero-order chi connectivity index (χ0) is 12.1. The van der Waals surface area contributed by atoms with Crippen LogP contribution in [0.2, 0.25) is 0 Å². The highest BCUT2D eigenvalue weighted by Crippen LogP contribution is 2.41. The van der Waals surface area contributed by atoms with Gasteiger partial charge in [-0.1, -0.05) is 18.9 Å². The van der Waals surface area contributed by atoms with Crippen molar-refractivity contribution in [2.75, 3.05) is 0 Å². The van der Waals surface area contributed by atoms with Crippen molar-refractivity contribution in [2.45, 2.75) is 69.6 Å². The summed E-state index contributed by atoms with van der Waals surface area (Å²) in [5.74, 6) is 6.35. The minimum Gasteiger partial charge on any atom is -0.375 e. The van der Waals surface area contributed by atoms with Gasteiger partial charge in [0.15, 0.2) is 0 Å². The van der Waals surface area contributed by atoms with Gasteiger partial charge in [0.25, 0.3) is 0 Å². The van der Waals surface area contributed by atoms with E-state index < -0.39 is 0 Å². The molecule has 4 unspecified atom stereocenters. The largest absolute Gasteiger partial charge is 0.375 e. The summed E-state index contributed by atoms with van der Waals surface area (Å²) in [5, 5.41) is 0. The third-order valence-electron chi connectivity index (χ3n) is 4.31. The summed E-state index contributed by atoms with van der Waals surface area (Å²) in [5.41, 5.74) is 3.02. The topological polar surface area (TPSA) is 47.3 Å². The maximum absolute atomic E-state index is 5.90. The van der Waals surface area contributed by atoms with Crippen LogP contribution in [-0.4, -0.2) is 18.2 Å². The maximum atomic E-state index is 5.90. The molecule has 3 nitrogen and oxygen atoms in total. The molecule has 2 aliphatic rings. The lowest BCUT2D eigenvalue weighted by atomic mass is 9.82. The monoisotopic (exact) mass is 238 g/mol. The van der Waals surface area contributed by atoms with Gasteiger partial charge in [-0.15, -0.1) is 6.58 Å². The molecule has 17 heavy (non-hydrogen) atoms. The predicted octanol–water partition coefficient (Wildman–Crippen LogP) is 2.52. The maximum Gasteiger partial charge on any atom is 0.0624 e. The van der Waals surface area contributed by atoms with Crippen LogP contribution >= 0.6 is 0 Å².